The van der Waals surface area contributed by atoms with Crippen molar-refractivity contribution in [1.82, 2.24) is 9.55 Å². The summed E-state index contributed by atoms with van der Waals surface area (Å²) in [6.07, 6.45) is 3.02. The van der Waals surface area contributed by atoms with Gasteiger partial charge >= 0.3 is 0 Å². The Morgan fingerprint density at radius 3 is 3.00 bits per heavy atom. The Bertz CT molecular complexity index is 241. The van der Waals surface area contributed by atoms with Gasteiger partial charge in [0.1, 0.15) is 0 Å². The summed E-state index contributed by atoms with van der Waals surface area (Å²) in [7, 11) is 0. The maximum Gasteiger partial charge on any atom is 0.253 e. The minimum atomic E-state index is 0.00694. The first-order chi connectivity index (χ1) is 4.34. The van der Waals surface area contributed by atoms with Crippen molar-refractivity contribution in [3.63, 3.8) is 0 Å². The van der Waals surface area contributed by atoms with Crippen LogP contribution in [0.2, 0.25) is 0 Å². The molecule has 9 heavy (non-hydrogen) atoms. The molecule has 1 aromatic heterocycles. The van der Waals surface area contributed by atoms with Gasteiger partial charge in [-0.3, -0.25) is 9.36 Å². The van der Waals surface area contributed by atoms with Gasteiger partial charge in [0.05, 0.1) is 6.33 Å². The van der Waals surface area contributed by atoms with Gasteiger partial charge in [0, 0.05) is 18.8 Å². The second-order valence-electron chi connectivity index (χ2n) is 1.70. The number of hydrogen-bond donors (Lipinski definition) is 0. The van der Waals surface area contributed by atoms with Crippen LogP contribution in [0, 0.1) is 0 Å². The fourth-order valence-corrected chi connectivity index (χ4v) is 0.616. The first-order valence-corrected chi connectivity index (χ1v) is 2.85. The molecule has 48 valence electrons. The molecular weight excluding hydrogens is 116 g/mol. The van der Waals surface area contributed by atoms with Crippen molar-refractivity contribution >= 4 is 0 Å². The van der Waals surface area contributed by atoms with Crippen LogP contribution in [-0.4, -0.2) is 9.55 Å². The van der Waals surface area contributed by atoms with Crippen molar-refractivity contribution in [3.8, 4) is 0 Å². The fraction of sp³-hybridized carbons (Fsp3) is 0.333. The van der Waals surface area contributed by atoms with E-state index in [0.29, 0.717) is 6.54 Å². The molecule has 0 aliphatic rings. The second kappa shape index (κ2) is 2.44. The van der Waals surface area contributed by atoms with E-state index in [0.717, 1.165) is 0 Å². The van der Waals surface area contributed by atoms with E-state index in [1.807, 2.05) is 6.92 Å². The number of nitrogens with zero attached hydrogens (tertiary/aromatic N) is 2. The molecular formula is C6H8N2O. The standard InChI is InChI=1S/C6H8N2O/c1-2-8-5-7-4-3-6(8)9/h3-5H,2H2,1H3. The minimum absolute atomic E-state index is 0.00694. The third kappa shape index (κ3) is 1.16. The topological polar surface area (TPSA) is 34.9 Å². The highest BCUT2D eigenvalue weighted by Gasteiger charge is 1.86. The quantitative estimate of drug-likeness (QED) is 0.538. The molecule has 0 aliphatic heterocycles. The van der Waals surface area contributed by atoms with E-state index in [1.54, 1.807) is 4.57 Å². The molecule has 0 aromatic carbocycles. The van der Waals surface area contributed by atoms with Crippen molar-refractivity contribution in [1.29, 1.82) is 0 Å². The van der Waals surface area contributed by atoms with Crippen LogP contribution in [0.4, 0.5) is 0 Å². The molecule has 1 heterocycles. The molecule has 0 unspecified atom stereocenters. The van der Waals surface area contributed by atoms with Crippen LogP contribution >= 0.6 is 0 Å². The van der Waals surface area contributed by atoms with Crippen molar-refractivity contribution in [2.45, 2.75) is 13.5 Å². The Labute approximate surface area is 53.0 Å². The lowest BCUT2D eigenvalue weighted by molar-refractivity contribution is 0.706. The molecule has 1 aromatic rings. The average Bonchev–Trinajstić information content (AvgIpc) is 1.89. The first-order valence-electron chi connectivity index (χ1n) is 2.85. The van der Waals surface area contributed by atoms with E-state index in [9.17, 15) is 4.79 Å². The van der Waals surface area contributed by atoms with E-state index < -0.39 is 0 Å². The lowest BCUT2D eigenvalue weighted by Gasteiger charge is -1.95. The van der Waals surface area contributed by atoms with Crippen LogP contribution in [0.25, 0.3) is 0 Å². The molecule has 3 heteroatoms. The van der Waals surface area contributed by atoms with E-state index in [4.69, 9.17) is 0 Å². The zero-order chi connectivity index (χ0) is 6.69. The Balaban J connectivity index is 3.16. The molecule has 0 atom stereocenters. The second-order valence-corrected chi connectivity index (χ2v) is 1.70. The van der Waals surface area contributed by atoms with Gasteiger partial charge in [-0.2, -0.15) is 0 Å². The summed E-state index contributed by atoms with van der Waals surface area (Å²) >= 11 is 0. The summed E-state index contributed by atoms with van der Waals surface area (Å²) < 4.78 is 1.54. The van der Waals surface area contributed by atoms with Gasteiger partial charge in [0.15, 0.2) is 0 Å². The highest BCUT2D eigenvalue weighted by molar-refractivity contribution is 4.81. The number of hydrogen-bond acceptors (Lipinski definition) is 2. The predicted octanol–water partition coefficient (Wildman–Crippen LogP) is 0.263. The van der Waals surface area contributed by atoms with E-state index in [2.05, 4.69) is 4.98 Å². The maximum atomic E-state index is 10.8. The van der Waals surface area contributed by atoms with Crippen molar-refractivity contribution in [3.05, 3.63) is 28.9 Å². The van der Waals surface area contributed by atoms with Crippen LogP contribution in [-0.2, 0) is 6.54 Å². The monoisotopic (exact) mass is 124 g/mol. The summed E-state index contributed by atoms with van der Waals surface area (Å²) in [4.78, 5) is 14.6. The number of aromatic nitrogens is 2. The van der Waals surface area contributed by atoms with E-state index in [-0.39, 0.29) is 5.56 Å². The average molecular weight is 124 g/mol. The van der Waals surface area contributed by atoms with Crippen LogP contribution in [0.1, 0.15) is 6.92 Å². The Hall–Kier alpha value is -1.12. The molecule has 0 N–H and O–H groups in total. The zero-order valence-corrected chi connectivity index (χ0v) is 5.24. The van der Waals surface area contributed by atoms with Crippen molar-refractivity contribution in [2.24, 2.45) is 0 Å². The van der Waals surface area contributed by atoms with Crippen LogP contribution in [0.15, 0.2) is 23.4 Å². The van der Waals surface area contributed by atoms with Crippen molar-refractivity contribution in [2.75, 3.05) is 0 Å². The lowest BCUT2D eigenvalue weighted by Crippen LogP contribution is -2.16. The van der Waals surface area contributed by atoms with Gasteiger partial charge in [0.2, 0.25) is 0 Å². The molecule has 0 radical (unpaired) electrons. The van der Waals surface area contributed by atoms with Gasteiger partial charge < -0.3 is 0 Å². The summed E-state index contributed by atoms with van der Waals surface area (Å²) in [5.74, 6) is 0. The van der Waals surface area contributed by atoms with E-state index in [1.165, 1.54) is 18.6 Å². The predicted molar refractivity (Wildman–Crippen MR) is 34.2 cm³/mol. The van der Waals surface area contributed by atoms with Crippen LogP contribution < -0.4 is 5.56 Å². The first kappa shape index (κ1) is 6.01. The van der Waals surface area contributed by atoms with E-state index >= 15 is 0 Å². The van der Waals surface area contributed by atoms with Gasteiger partial charge in [-0.25, -0.2) is 4.98 Å². The normalized spacial score (nSPS) is 9.44. The highest BCUT2D eigenvalue weighted by atomic mass is 16.1. The van der Waals surface area contributed by atoms with Gasteiger partial charge in [0.25, 0.3) is 5.56 Å². The molecule has 0 bridgehead atoms. The Morgan fingerprint density at radius 1 is 1.78 bits per heavy atom. The molecule has 1 rings (SSSR count). The molecule has 3 nitrogen and oxygen atoms in total. The zero-order valence-electron chi connectivity index (χ0n) is 5.24. The molecule has 0 fully saturated rings. The Kier molecular flexibility index (Phi) is 1.63. The highest BCUT2D eigenvalue weighted by Crippen LogP contribution is 1.73. The SMILES string of the molecule is CCn1cnccc1=O. The Morgan fingerprint density at radius 2 is 2.56 bits per heavy atom. The summed E-state index contributed by atoms with van der Waals surface area (Å²) in [6.45, 7) is 2.59. The van der Waals surface area contributed by atoms with Gasteiger partial charge in [-0.15, -0.1) is 0 Å². The third-order valence-corrected chi connectivity index (χ3v) is 1.13. The van der Waals surface area contributed by atoms with Crippen molar-refractivity contribution < 1.29 is 0 Å². The largest absolute Gasteiger partial charge is 0.300 e. The summed E-state index contributed by atoms with van der Waals surface area (Å²) in [5, 5.41) is 0. The van der Waals surface area contributed by atoms with Crippen LogP contribution in [0.5, 0.6) is 0 Å². The molecule has 0 aliphatic carbocycles. The minimum Gasteiger partial charge on any atom is -0.300 e. The third-order valence-electron chi connectivity index (χ3n) is 1.13. The number of aryl methyl sites for hydroxylation is 1. The maximum absolute atomic E-state index is 10.8. The fourth-order valence-electron chi connectivity index (χ4n) is 0.616. The summed E-state index contributed by atoms with van der Waals surface area (Å²) in [5.41, 5.74) is 0.00694. The van der Waals surface area contributed by atoms with Gasteiger partial charge in [-0.05, 0) is 6.92 Å². The van der Waals surface area contributed by atoms with Gasteiger partial charge in [-0.1, -0.05) is 0 Å². The smallest absolute Gasteiger partial charge is 0.253 e. The summed E-state index contributed by atoms with van der Waals surface area (Å²) in [6, 6.07) is 1.45. The lowest BCUT2D eigenvalue weighted by atomic mass is 10.6. The molecule has 0 spiro atoms. The molecule has 0 saturated carbocycles. The molecule has 0 saturated heterocycles. The van der Waals surface area contributed by atoms with Crippen LogP contribution in [0.3, 0.4) is 0 Å². The molecule has 0 amide bonds. The number of rotatable bonds is 1.